The highest BCUT2D eigenvalue weighted by atomic mass is 127. The van der Waals surface area contributed by atoms with Gasteiger partial charge in [0, 0.05) is 10.3 Å². The molecular formula is C12H12F13I. The Bertz CT molecular complexity index is 468. The van der Waals surface area contributed by atoms with Crippen molar-refractivity contribution in [3.05, 3.63) is 0 Å². The molecule has 14 heteroatoms. The van der Waals surface area contributed by atoms with E-state index in [9.17, 15) is 57.1 Å². The van der Waals surface area contributed by atoms with E-state index in [-0.39, 0.29) is 12.8 Å². The Kier molecular flexibility index (Phi) is 7.63. The summed E-state index contributed by atoms with van der Waals surface area (Å²) in [5.74, 6) is -36.3. The van der Waals surface area contributed by atoms with Gasteiger partial charge in [0.1, 0.15) is 0 Å². The van der Waals surface area contributed by atoms with Crippen molar-refractivity contribution in [2.45, 2.75) is 72.3 Å². The van der Waals surface area contributed by atoms with Crippen LogP contribution in [0.3, 0.4) is 0 Å². The molecule has 0 aliphatic heterocycles. The van der Waals surface area contributed by atoms with E-state index >= 15 is 0 Å². The van der Waals surface area contributed by atoms with Crippen molar-refractivity contribution < 1.29 is 57.1 Å². The average molecular weight is 530 g/mol. The zero-order valence-electron chi connectivity index (χ0n) is 12.7. The first-order valence-corrected chi connectivity index (χ1v) is 8.05. The molecule has 0 aliphatic rings. The predicted molar refractivity (Wildman–Crippen MR) is 72.7 cm³/mol. The summed E-state index contributed by atoms with van der Waals surface area (Å²) in [6, 6.07) is 0. The molecule has 0 aromatic heterocycles. The Hall–Kier alpha value is -0.180. The molecule has 0 saturated heterocycles. The molecule has 158 valence electrons. The molecule has 0 aromatic rings. The van der Waals surface area contributed by atoms with E-state index < -0.39 is 46.1 Å². The Morgan fingerprint density at radius 1 is 0.654 bits per heavy atom. The predicted octanol–water partition coefficient (Wildman–Crippen LogP) is 7.11. The zero-order chi connectivity index (χ0) is 21.4. The summed E-state index contributed by atoms with van der Waals surface area (Å²) in [7, 11) is 0. The summed E-state index contributed by atoms with van der Waals surface area (Å²) < 4.78 is 166. The highest BCUT2D eigenvalue weighted by Gasteiger charge is 2.90. The van der Waals surface area contributed by atoms with Gasteiger partial charge in [-0.05, 0) is 6.42 Å². The van der Waals surface area contributed by atoms with E-state index in [0.29, 0.717) is 6.42 Å². The zero-order valence-corrected chi connectivity index (χ0v) is 14.9. The lowest BCUT2D eigenvalue weighted by Gasteiger charge is -2.40. The van der Waals surface area contributed by atoms with Crippen LogP contribution in [0.4, 0.5) is 57.1 Å². The molecule has 1 atom stereocenters. The normalized spacial score (nSPS) is 16.7. The first-order chi connectivity index (χ1) is 11.2. The Morgan fingerprint density at radius 2 is 1.04 bits per heavy atom. The molecule has 0 radical (unpaired) electrons. The van der Waals surface area contributed by atoms with E-state index in [1.54, 1.807) is 6.92 Å². The van der Waals surface area contributed by atoms with Crippen molar-refractivity contribution in [3.63, 3.8) is 0 Å². The van der Waals surface area contributed by atoms with Gasteiger partial charge in [-0.1, -0.05) is 42.4 Å². The molecule has 0 bridgehead atoms. The van der Waals surface area contributed by atoms with Crippen molar-refractivity contribution in [1.82, 2.24) is 0 Å². The lowest BCUT2D eigenvalue weighted by atomic mass is 9.91. The second-order valence-corrected chi connectivity index (χ2v) is 7.21. The second-order valence-electron chi connectivity index (χ2n) is 5.44. The highest BCUT2D eigenvalue weighted by Crippen LogP contribution is 2.60. The van der Waals surface area contributed by atoms with Crippen LogP contribution in [0.15, 0.2) is 0 Å². The van der Waals surface area contributed by atoms with E-state index in [1.165, 1.54) is 0 Å². The van der Waals surface area contributed by atoms with Gasteiger partial charge < -0.3 is 0 Å². The minimum Gasteiger partial charge on any atom is -0.200 e. The molecule has 0 unspecified atom stereocenters. The number of hydrogen-bond donors (Lipinski definition) is 0. The van der Waals surface area contributed by atoms with Crippen LogP contribution in [-0.4, -0.2) is 39.7 Å². The molecular weight excluding hydrogens is 518 g/mol. The van der Waals surface area contributed by atoms with Gasteiger partial charge in [-0.3, -0.25) is 0 Å². The van der Waals surface area contributed by atoms with E-state index in [1.807, 2.05) is 0 Å². The summed E-state index contributed by atoms with van der Waals surface area (Å²) in [4.78, 5) is 0. The maximum atomic E-state index is 13.5. The van der Waals surface area contributed by atoms with E-state index in [2.05, 4.69) is 0 Å². The minimum atomic E-state index is -7.82. The van der Waals surface area contributed by atoms with Crippen LogP contribution < -0.4 is 0 Å². The lowest BCUT2D eigenvalue weighted by molar-refractivity contribution is -0.440. The van der Waals surface area contributed by atoms with E-state index in [4.69, 9.17) is 0 Å². The van der Waals surface area contributed by atoms with Crippen LogP contribution in [0.1, 0.15) is 32.6 Å². The Balaban J connectivity index is 5.92. The third kappa shape index (κ3) is 4.28. The van der Waals surface area contributed by atoms with Gasteiger partial charge in [0.25, 0.3) is 0 Å². The van der Waals surface area contributed by atoms with Crippen LogP contribution >= 0.6 is 22.6 Å². The van der Waals surface area contributed by atoms with Crippen LogP contribution in [-0.2, 0) is 0 Å². The molecule has 0 spiro atoms. The standard InChI is InChI=1S/C12H12F13I/c1-2-3-4-6(26)5-7(13,14)8(15,16)9(17,18)10(19,20)11(21,22)12(23,24)25/h6H,2-5H2,1H3/t6-/m0/s1. The Morgan fingerprint density at radius 3 is 1.38 bits per heavy atom. The fourth-order valence-corrected chi connectivity index (χ4v) is 2.73. The summed E-state index contributed by atoms with van der Waals surface area (Å²) in [5.41, 5.74) is 0. The number of rotatable bonds is 9. The molecule has 0 saturated carbocycles. The first-order valence-electron chi connectivity index (χ1n) is 6.80. The lowest BCUT2D eigenvalue weighted by Crippen LogP contribution is -2.70. The van der Waals surface area contributed by atoms with Crippen LogP contribution in [0.5, 0.6) is 0 Å². The van der Waals surface area contributed by atoms with Gasteiger partial charge in [0.15, 0.2) is 0 Å². The number of hydrogen-bond acceptors (Lipinski definition) is 0. The van der Waals surface area contributed by atoms with Crippen LogP contribution in [0.2, 0.25) is 0 Å². The molecule has 0 fully saturated rings. The van der Waals surface area contributed by atoms with Crippen LogP contribution in [0.25, 0.3) is 0 Å². The molecule has 0 aromatic carbocycles. The second kappa shape index (κ2) is 7.68. The highest BCUT2D eigenvalue weighted by molar-refractivity contribution is 14.1. The van der Waals surface area contributed by atoms with Gasteiger partial charge in [-0.2, -0.15) is 57.1 Å². The number of alkyl halides is 14. The SMILES string of the molecule is CCCC[C@H](I)CC(F)(F)C(F)(F)C(F)(F)C(F)(F)C(F)(F)C(F)(F)F. The molecule has 0 heterocycles. The maximum absolute atomic E-state index is 13.5. The third-order valence-electron chi connectivity index (χ3n) is 3.35. The van der Waals surface area contributed by atoms with E-state index in [0.717, 1.165) is 22.6 Å². The quantitative estimate of drug-likeness (QED) is 0.170. The largest absolute Gasteiger partial charge is 0.460 e. The summed E-state index contributed by atoms with van der Waals surface area (Å²) in [5, 5.41) is 0. The van der Waals surface area contributed by atoms with Gasteiger partial charge in [0.2, 0.25) is 0 Å². The van der Waals surface area contributed by atoms with Crippen molar-refractivity contribution in [2.75, 3.05) is 0 Å². The summed E-state index contributed by atoms with van der Waals surface area (Å²) in [6.45, 7) is 1.56. The van der Waals surface area contributed by atoms with Gasteiger partial charge in [-0.15, -0.1) is 0 Å². The molecule has 0 aliphatic carbocycles. The number of unbranched alkanes of at least 4 members (excludes halogenated alkanes) is 1. The molecule has 0 amide bonds. The summed E-state index contributed by atoms with van der Waals surface area (Å²) >= 11 is 1.13. The van der Waals surface area contributed by atoms with Gasteiger partial charge in [0.05, 0.1) is 0 Å². The van der Waals surface area contributed by atoms with Gasteiger partial charge in [-0.25, -0.2) is 0 Å². The fourth-order valence-electron chi connectivity index (χ4n) is 1.74. The minimum absolute atomic E-state index is 0.175. The first kappa shape index (κ1) is 25.8. The molecule has 26 heavy (non-hydrogen) atoms. The molecule has 0 rings (SSSR count). The molecule has 0 nitrogen and oxygen atoms in total. The van der Waals surface area contributed by atoms with Crippen LogP contribution in [0, 0.1) is 0 Å². The topological polar surface area (TPSA) is 0 Å². The smallest absolute Gasteiger partial charge is 0.200 e. The average Bonchev–Trinajstić information content (AvgIpc) is 2.42. The van der Waals surface area contributed by atoms with Gasteiger partial charge >= 0.3 is 35.8 Å². The monoisotopic (exact) mass is 530 g/mol. The Labute approximate surface area is 152 Å². The third-order valence-corrected chi connectivity index (χ3v) is 4.41. The number of halogens is 14. The maximum Gasteiger partial charge on any atom is 0.460 e. The fraction of sp³-hybridized carbons (Fsp3) is 1.00. The molecule has 0 N–H and O–H groups in total. The van der Waals surface area contributed by atoms with Crippen molar-refractivity contribution in [3.8, 4) is 0 Å². The van der Waals surface area contributed by atoms with Crippen molar-refractivity contribution >= 4 is 22.6 Å². The summed E-state index contributed by atoms with van der Waals surface area (Å²) in [6.07, 6.45) is -9.16. The van der Waals surface area contributed by atoms with Crippen molar-refractivity contribution in [2.24, 2.45) is 0 Å². The van der Waals surface area contributed by atoms with Crippen molar-refractivity contribution in [1.29, 1.82) is 0 Å².